The topological polar surface area (TPSA) is 88.5 Å². The second-order valence-electron chi connectivity index (χ2n) is 10.2. The molecule has 1 aromatic heterocycles. The largest absolute Gasteiger partial charge is 0.379 e. The van der Waals surface area contributed by atoms with Gasteiger partial charge in [-0.1, -0.05) is 51.1 Å². The van der Waals surface area contributed by atoms with Gasteiger partial charge in [-0.2, -0.15) is 5.10 Å². The number of carbonyl (C=O) groups is 2. The van der Waals surface area contributed by atoms with Crippen LogP contribution in [0.5, 0.6) is 0 Å². The Morgan fingerprint density at radius 2 is 1.78 bits per heavy atom. The summed E-state index contributed by atoms with van der Waals surface area (Å²) < 4.78 is 20.4. The average molecular weight is 496 g/mol. The first kappa shape index (κ1) is 25.8. The number of morpholine rings is 1. The predicted octanol–water partition coefficient (Wildman–Crippen LogP) is 2.82. The number of rotatable bonds is 8. The van der Waals surface area contributed by atoms with Crippen LogP contribution < -0.4 is 10.6 Å². The zero-order chi connectivity index (χ0) is 25.7. The zero-order valence-corrected chi connectivity index (χ0v) is 21.1. The van der Waals surface area contributed by atoms with Gasteiger partial charge in [0.05, 0.1) is 25.3 Å². The SMILES string of the molecule is CC(C)(C)[C@H](NC(=O)c1nn(Cc2ccc(F)cc2)c2ccccc12)C(=O)NCCN1CCOCC1. The summed E-state index contributed by atoms with van der Waals surface area (Å²) >= 11 is 0. The molecule has 2 aromatic carbocycles. The van der Waals surface area contributed by atoms with E-state index in [0.717, 1.165) is 30.7 Å². The minimum atomic E-state index is -0.740. The monoisotopic (exact) mass is 495 g/mol. The Kier molecular flexibility index (Phi) is 8.01. The van der Waals surface area contributed by atoms with E-state index in [1.165, 1.54) is 12.1 Å². The quantitative estimate of drug-likeness (QED) is 0.502. The molecule has 8 nitrogen and oxygen atoms in total. The van der Waals surface area contributed by atoms with E-state index in [0.29, 0.717) is 31.7 Å². The molecule has 0 aliphatic carbocycles. The molecular formula is C27H34FN5O3. The molecule has 1 atom stereocenters. The van der Waals surface area contributed by atoms with Gasteiger partial charge in [0.15, 0.2) is 5.69 Å². The second kappa shape index (κ2) is 11.2. The molecule has 1 saturated heterocycles. The van der Waals surface area contributed by atoms with Gasteiger partial charge in [0.1, 0.15) is 11.9 Å². The highest BCUT2D eigenvalue weighted by Crippen LogP contribution is 2.23. The predicted molar refractivity (Wildman–Crippen MR) is 136 cm³/mol. The summed E-state index contributed by atoms with van der Waals surface area (Å²) in [7, 11) is 0. The van der Waals surface area contributed by atoms with Crippen molar-refractivity contribution < 1.29 is 18.7 Å². The van der Waals surface area contributed by atoms with Gasteiger partial charge in [-0.15, -0.1) is 0 Å². The van der Waals surface area contributed by atoms with Gasteiger partial charge >= 0.3 is 0 Å². The Bertz CT molecular complexity index is 1200. The van der Waals surface area contributed by atoms with Crippen LogP contribution in [0.3, 0.4) is 0 Å². The van der Waals surface area contributed by atoms with Crippen LogP contribution in [-0.2, 0) is 16.1 Å². The van der Waals surface area contributed by atoms with Gasteiger partial charge in [-0.25, -0.2) is 4.39 Å². The summed E-state index contributed by atoms with van der Waals surface area (Å²) in [5.41, 5.74) is 1.40. The molecule has 0 bridgehead atoms. The molecule has 1 fully saturated rings. The van der Waals surface area contributed by atoms with Crippen molar-refractivity contribution in [3.05, 3.63) is 65.6 Å². The molecule has 1 aliphatic heterocycles. The minimum absolute atomic E-state index is 0.223. The number of amides is 2. The van der Waals surface area contributed by atoms with Crippen molar-refractivity contribution in [2.45, 2.75) is 33.4 Å². The third kappa shape index (κ3) is 6.27. The number of para-hydroxylation sites is 1. The molecule has 2 amide bonds. The normalized spacial score (nSPS) is 15.6. The van der Waals surface area contributed by atoms with Crippen molar-refractivity contribution >= 4 is 22.7 Å². The highest BCUT2D eigenvalue weighted by Gasteiger charge is 2.34. The molecule has 3 aromatic rings. The summed E-state index contributed by atoms with van der Waals surface area (Å²) in [4.78, 5) is 28.8. The lowest BCUT2D eigenvalue weighted by Gasteiger charge is -2.31. The smallest absolute Gasteiger partial charge is 0.273 e. The third-order valence-electron chi connectivity index (χ3n) is 6.35. The lowest BCUT2D eigenvalue weighted by Crippen LogP contribution is -2.54. The van der Waals surface area contributed by atoms with Gasteiger partial charge in [0.2, 0.25) is 5.91 Å². The highest BCUT2D eigenvalue weighted by atomic mass is 19.1. The third-order valence-corrected chi connectivity index (χ3v) is 6.35. The Balaban J connectivity index is 1.49. The number of nitrogens with zero attached hydrogens (tertiary/aromatic N) is 3. The lowest BCUT2D eigenvalue weighted by molar-refractivity contribution is -0.125. The molecule has 2 N–H and O–H groups in total. The minimum Gasteiger partial charge on any atom is -0.379 e. The molecule has 0 spiro atoms. The van der Waals surface area contributed by atoms with Crippen LogP contribution in [0.25, 0.3) is 10.9 Å². The first-order valence-electron chi connectivity index (χ1n) is 12.3. The standard InChI is InChI=1S/C27H34FN5O3/c1-27(2,3)24(26(35)29-12-13-32-14-16-36-17-15-32)30-25(34)23-21-6-4-5-7-22(21)33(31-23)18-19-8-10-20(28)11-9-19/h4-11,24H,12-18H2,1-3H3,(H,29,35)(H,30,34)/t24-/m1/s1. The Hall–Kier alpha value is -3.30. The van der Waals surface area contributed by atoms with E-state index in [9.17, 15) is 14.0 Å². The summed E-state index contributed by atoms with van der Waals surface area (Å²) in [5.74, 6) is -0.938. The zero-order valence-electron chi connectivity index (χ0n) is 21.1. The van der Waals surface area contributed by atoms with Crippen molar-refractivity contribution in [1.82, 2.24) is 25.3 Å². The molecule has 9 heteroatoms. The number of benzene rings is 2. The Morgan fingerprint density at radius 1 is 1.08 bits per heavy atom. The summed E-state index contributed by atoms with van der Waals surface area (Å²) in [6.07, 6.45) is 0. The number of fused-ring (bicyclic) bond motifs is 1. The van der Waals surface area contributed by atoms with E-state index in [1.807, 2.05) is 45.0 Å². The maximum atomic E-state index is 13.4. The van der Waals surface area contributed by atoms with Crippen LogP contribution >= 0.6 is 0 Å². The molecule has 2 heterocycles. The van der Waals surface area contributed by atoms with E-state index >= 15 is 0 Å². The van der Waals surface area contributed by atoms with E-state index < -0.39 is 17.4 Å². The van der Waals surface area contributed by atoms with Gasteiger partial charge in [0, 0.05) is 31.6 Å². The fourth-order valence-corrected chi connectivity index (χ4v) is 4.32. The molecule has 4 rings (SSSR count). The van der Waals surface area contributed by atoms with Gasteiger partial charge in [-0.3, -0.25) is 19.2 Å². The number of carbonyl (C=O) groups excluding carboxylic acids is 2. The van der Waals surface area contributed by atoms with Gasteiger partial charge in [0.25, 0.3) is 5.91 Å². The molecule has 0 saturated carbocycles. The fraction of sp³-hybridized carbons (Fsp3) is 0.444. The maximum absolute atomic E-state index is 13.4. The van der Waals surface area contributed by atoms with Crippen molar-refractivity contribution in [3.8, 4) is 0 Å². The van der Waals surface area contributed by atoms with E-state index in [2.05, 4.69) is 20.6 Å². The van der Waals surface area contributed by atoms with Crippen LogP contribution in [0, 0.1) is 11.2 Å². The number of aromatic nitrogens is 2. The van der Waals surface area contributed by atoms with Crippen LogP contribution in [0.1, 0.15) is 36.8 Å². The molecule has 36 heavy (non-hydrogen) atoms. The van der Waals surface area contributed by atoms with Crippen LogP contribution in [0.4, 0.5) is 4.39 Å². The first-order valence-corrected chi connectivity index (χ1v) is 12.3. The Morgan fingerprint density at radius 3 is 2.47 bits per heavy atom. The lowest BCUT2D eigenvalue weighted by atomic mass is 9.86. The highest BCUT2D eigenvalue weighted by molar-refractivity contribution is 6.06. The maximum Gasteiger partial charge on any atom is 0.273 e. The number of ether oxygens (including phenoxy) is 1. The van der Waals surface area contributed by atoms with E-state index in [-0.39, 0.29) is 17.4 Å². The van der Waals surface area contributed by atoms with Crippen LogP contribution in [-0.4, -0.2) is 71.9 Å². The Labute approximate surface area is 210 Å². The number of hydrogen-bond donors (Lipinski definition) is 2. The van der Waals surface area contributed by atoms with Crippen LogP contribution in [0.15, 0.2) is 48.5 Å². The van der Waals surface area contributed by atoms with Crippen molar-refractivity contribution in [2.24, 2.45) is 5.41 Å². The van der Waals surface area contributed by atoms with E-state index in [4.69, 9.17) is 4.74 Å². The number of nitrogens with one attached hydrogen (secondary N) is 2. The number of hydrogen-bond acceptors (Lipinski definition) is 5. The van der Waals surface area contributed by atoms with Crippen LogP contribution in [0.2, 0.25) is 0 Å². The second-order valence-corrected chi connectivity index (χ2v) is 10.2. The molecular weight excluding hydrogens is 461 g/mol. The van der Waals surface area contributed by atoms with Crippen molar-refractivity contribution in [2.75, 3.05) is 39.4 Å². The van der Waals surface area contributed by atoms with E-state index in [1.54, 1.807) is 16.8 Å². The molecule has 0 radical (unpaired) electrons. The van der Waals surface area contributed by atoms with Gasteiger partial charge < -0.3 is 15.4 Å². The molecule has 192 valence electrons. The van der Waals surface area contributed by atoms with Crippen molar-refractivity contribution in [1.29, 1.82) is 0 Å². The first-order chi connectivity index (χ1) is 17.2. The summed E-state index contributed by atoms with van der Waals surface area (Å²) in [5, 5.41) is 11.2. The summed E-state index contributed by atoms with van der Waals surface area (Å²) in [6.45, 7) is 10.5. The van der Waals surface area contributed by atoms with Gasteiger partial charge in [-0.05, 0) is 29.2 Å². The molecule has 0 unspecified atom stereocenters. The molecule has 1 aliphatic rings. The van der Waals surface area contributed by atoms with Crippen molar-refractivity contribution in [3.63, 3.8) is 0 Å². The summed E-state index contributed by atoms with van der Waals surface area (Å²) in [6, 6.07) is 12.9. The number of halogens is 1. The fourth-order valence-electron chi connectivity index (χ4n) is 4.32. The average Bonchev–Trinajstić information content (AvgIpc) is 3.22.